The SMILES string of the molecule is COC(=O)[C@@H]1CSC/C=C\C[C@H](NC(=O)OCC2c3ccccc3-c3ccccc32)C(=O)N1Cc1ccc(OC)cc1OC. The number of amides is 2. The summed E-state index contributed by atoms with van der Waals surface area (Å²) in [6.45, 7) is 0.170. The van der Waals surface area contributed by atoms with Crippen LogP contribution in [-0.2, 0) is 25.6 Å². The molecule has 0 saturated carbocycles. The minimum absolute atomic E-state index is 0.0545. The number of hydrogen-bond acceptors (Lipinski definition) is 8. The molecule has 10 heteroatoms. The third kappa shape index (κ3) is 6.70. The highest BCUT2D eigenvalue weighted by Gasteiger charge is 2.36. The molecule has 230 valence electrons. The lowest BCUT2D eigenvalue weighted by atomic mass is 9.98. The van der Waals surface area contributed by atoms with E-state index in [1.165, 1.54) is 30.9 Å². The lowest BCUT2D eigenvalue weighted by Crippen LogP contribution is -2.54. The number of rotatable bonds is 8. The Kier molecular flexibility index (Phi) is 10.1. The Morgan fingerprint density at radius 1 is 0.932 bits per heavy atom. The van der Waals surface area contributed by atoms with Gasteiger partial charge in [-0.1, -0.05) is 60.7 Å². The molecule has 0 spiro atoms. The highest BCUT2D eigenvalue weighted by molar-refractivity contribution is 7.99. The van der Waals surface area contributed by atoms with E-state index >= 15 is 0 Å². The van der Waals surface area contributed by atoms with E-state index in [4.69, 9.17) is 18.9 Å². The number of nitrogens with zero attached hydrogens (tertiary/aromatic N) is 1. The van der Waals surface area contributed by atoms with Crippen molar-refractivity contribution in [3.05, 3.63) is 95.6 Å². The Labute approximate surface area is 261 Å². The van der Waals surface area contributed by atoms with Crippen LogP contribution in [0, 0.1) is 0 Å². The van der Waals surface area contributed by atoms with E-state index < -0.39 is 30.1 Å². The first-order chi connectivity index (χ1) is 21.4. The summed E-state index contributed by atoms with van der Waals surface area (Å²) in [5, 5.41) is 2.78. The van der Waals surface area contributed by atoms with Crippen LogP contribution in [0.2, 0.25) is 0 Å². The van der Waals surface area contributed by atoms with Gasteiger partial charge in [0.25, 0.3) is 0 Å². The second kappa shape index (κ2) is 14.4. The molecule has 0 bridgehead atoms. The number of thioether (sulfide) groups is 1. The van der Waals surface area contributed by atoms with Crippen molar-refractivity contribution in [2.24, 2.45) is 0 Å². The Hall–Kier alpha value is -4.44. The predicted octanol–water partition coefficient (Wildman–Crippen LogP) is 5.17. The maximum atomic E-state index is 14.2. The first kappa shape index (κ1) is 31.0. The van der Waals surface area contributed by atoms with Crippen molar-refractivity contribution >= 4 is 29.7 Å². The van der Waals surface area contributed by atoms with Gasteiger partial charge in [-0.05, 0) is 40.8 Å². The molecule has 3 aromatic rings. The van der Waals surface area contributed by atoms with Crippen molar-refractivity contribution in [3.8, 4) is 22.6 Å². The third-order valence-corrected chi connectivity index (χ3v) is 8.91. The molecule has 1 aliphatic carbocycles. The van der Waals surface area contributed by atoms with E-state index in [0.29, 0.717) is 28.6 Å². The van der Waals surface area contributed by atoms with Crippen LogP contribution in [0.5, 0.6) is 11.5 Å². The van der Waals surface area contributed by atoms with Gasteiger partial charge in [0.1, 0.15) is 30.2 Å². The van der Waals surface area contributed by atoms with E-state index in [1.54, 1.807) is 25.3 Å². The number of benzene rings is 3. The minimum atomic E-state index is -0.971. The van der Waals surface area contributed by atoms with Crippen LogP contribution < -0.4 is 14.8 Å². The van der Waals surface area contributed by atoms with Crippen LogP contribution in [0.1, 0.15) is 29.0 Å². The molecule has 3 aromatic carbocycles. The highest BCUT2D eigenvalue weighted by Crippen LogP contribution is 2.44. The number of nitrogens with one attached hydrogen (secondary N) is 1. The average Bonchev–Trinajstić information content (AvgIpc) is 3.38. The van der Waals surface area contributed by atoms with Crippen molar-refractivity contribution in [3.63, 3.8) is 0 Å². The molecule has 44 heavy (non-hydrogen) atoms. The predicted molar refractivity (Wildman–Crippen MR) is 169 cm³/mol. The Morgan fingerprint density at radius 2 is 1.64 bits per heavy atom. The third-order valence-electron chi connectivity index (χ3n) is 7.93. The molecule has 2 aliphatic rings. The molecule has 1 aliphatic heterocycles. The van der Waals surface area contributed by atoms with E-state index in [2.05, 4.69) is 17.4 Å². The summed E-state index contributed by atoms with van der Waals surface area (Å²) in [6.07, 6.45) is 3.32. The lowest BCUT2D eigenvalue weighted by Gasteiger charge is -2.33. The standard InChI is InChI=1S/C34H36N2O7S/c1-40-23-16-15-22(31(18-23)41-2)19-36-30(33(38)42-3)21-44-17-9-8-14-29(32(36)37)35-34(39)43-20-28-26-12-6-4-10-24(26)25-11-5-7-13-27(25)28/h4-13,15-16,18,28-30H,14,17,19-21H2,1-3H3,(H,35,39)/b9-8-/t29-,30-/m0/s1. The number of carbonyl (C=O) groups excluding carboxylic acids is 3. The fourth-order valence-corrected chi connectivity index (χ4v) is 6.63. The topological polar surface area (TPSA) is 103 Å². The first-order valence-electron chi connectivity index (χ1n) is 14.4. The van der Waals surface area contributed by atoms with Gasteiger partial charge in [0, 0.05) is 29.1 Å². The number of carbonyl (C=O) groups is 3. The summed E-state index contributed by atoms with van der Waals surface area (Å²) >= 11 is 1.52. The van der Waals surface area contributed by atoms with Crippen molar-refractivity contribution in [2.45, 2.75) is 31.0 Å². The Balaban J connectivity index is 1.37. The van der Waals surface area contributed by atoms with Crippen molar-refractivity contribution in [1.29, 1.82) is 0 Å². The molecule has 9 nitrogen and oxygen atoms in total. The van der Waals surface area contributed by atoms with E-state index in [-0.39, 0.29) is 25.5 Å². The van der Waals surface area contributed by atoms with E-state index in [0.717, 1.165) is 22.3 Å². The van der Waals surface area contributed by atoms with Crippen LogP contribution >= 0.6 is 11.8 Å². The summed E-state index contributed by atoms with van der Waals surface area (Å²) in [5.74, 6) is 0.969. The van der Waals surface area contributed by atoms with Gasteiger partial charge in [0.05, 0.1) is 27.9 Å². The summed E-state index contributed by atoms with van der Waals surface area (Å²) < 4.78 is 21.8. The van der Waals surface area contributed by atoms with E-state index in [9.17, 15) is 14.4 Å². The van der Waals surface area contributed by atoms with Gasteiger partial charge >= 0.3 is 12.1 Å². The van der Waals surface area contributed by atoms with Gasteiger partial charge in [0.2, 0.25) is 5.91 Å². The summed E-state index contributed by atoms with van der Waals surface area (Å²) in [7, 11) is 4.39. The quantitative estimate of drug-likeness (QED) is 0.273. The first-order valence-corrected chi connectivity index (χ1v) is 15.5. The van der Waals surface area contributed by atoms with Gasteiger partial charge in [-0.2, -0.15) is 11.8 Å². The molecule has 0 radical (unpaired) electrons. The monoisotopic (exact) mass is 616 g/mol. The van der Waals surface area contributed by atoms with Crippen molar-refractivity contribution in [1.82, 2.24) is 10.2 Å². The maximum Gasteiger partial charge on any atom is 0.407 e. The number of esters is 1. The van der Waals surface area contributed by atoms with Crippen LogP contribution in [0.4, 0.5) is 4.79 Å². The molecule has 1 N–H and O–H groups in total. The van der Waals surface area contributed by atoms with Crippen molar-refractivity contribution in [2.75, 3.05) is 39.4 Å². The van der Waals surface area contributed by atoms with Gasteiger partial charge in [-0.15, -0.1) is 0 Å². The van der Waals surface area contributed by atoms with Crippen molar-refractivity contribution < 1.29 is 33.3 Å². The second-order valence-corrected chi connectivity index (χ2v) is 11.5. The van der Waals surface area contributed by atoms with Crippen LogP contribution in [-0.4, -0.2) is 74.4 Å². The number of hydrogen-bond donors (Lipinski definition) is 1. The largest absolute Gasteiger partial charge is 0.497 e. The summed E-state index contributed by atoms with van der Waals surface area (Å²) in [4.78, 5) is 41.9. The normalized spacial score (nSPS) is 18.9. The summed E-state index contributed by atoms with van der Waals surface area (Å²) in [6, 6.07) is 19.6. The van der Waals surface area contributed by atoms with Gasteiger partial charge < -0.3 is 29.2 Å². The maximum absolute atomic E-state index is 14.2. The zero-order valence-corrected chi connectivity index (χ0v) is 25.8. The van der Waals surface area contributed by atoms with Crippen LogP contribution in [0.15, 0.2) is 78.9 Å². The Morgan fingerprint density at radius 3 is 2.30 bits per heavy atom. The summed E-state index contributed by atoms with van der Waals surface area (Å²) in [5.41, 5.74) is 5.12. The highest BCUT2D eigenvalue weighted by atomic mass is 32.2. The fraction of sp³-hybridized carbons (Fsp3) is 0.324. The number of ether oxygens (including phenoxy) is 4. The molecule has 0 unspecified atom stereocenters. The number of methoxy groups -OCH3 is 3. The lowest BCUT2D eigenvalue weighted by molar-refractivity contribution is -0.153. The smallest absolute Gasteiger partial charge is 0.407 e. The zero-order chi connectivity index (χ0) is 31.1. The molecule has 2 amide bonds. The number of alkyl carbamates (subject to hydrolysis) is 1. The molecule has 0 fully saturated rings. The zero-order valence-electron chi connectivity index (χ0n) is 25.0. The fourth-order valence-electron chi connectivity index (χ4n) is 5.68. The molecule has 0 saturated heterocycles. The molecular weight excluding hydrogens is 580 g/mol. The molecule has 0 aromatic heterocycles. The molecule has 2 atom stereocenters. The Bertz CT molecular complexity index is 1500. The van der Waals surface area contributed by atoms with Crippen LogP contribution in [0.3, 0.4) is 0 Å². The molecule has 1 heterocycles. The average molecular weight is 617 g/mol. The number of fused-ring (bicyclic) bond motifs is 3. The molecule has 5 rings (SSSR count). The van der Waals surface area contributed by atoms with E-state index in [1.807, 2.05) is 48.6 Å². The minimum Gasteiger partial charge on any atom is -0.497 e. The van der Waals surface area contributed by atoms with Gasteiger partial charge in [-0.3, -0.25) is 4.79 Å². The van der Waals surface area contributed by atoms with Crippen LogP contribution in [0.25, 0.3) is 11.1 Å². The molecular formula is C34H36N2O7S. The van der Waals surface area contributed by atoms with Gasteiger partial charge in [0.15, 0.2) is 0 Å². The second-order valence-electron chi connectivity index (χ2n) is 10.4. The van der Waals surface area contributed by atoms with Gasteiger partial charge in [-0.25, -0.2) is 9.59 Å².